The van der Waals surface area contributed by atoms with E-state index in [-0.39, 0.29) is 6.42 Å². The van der Waals surface area contributed by atoms with Gasteiger partial charge in [-0.25, -0.2) is 4.79 Å². The second-order valence-electron chi connectivity index (χ2n) is 8.62. The molecule has 1 fully saturated rings. The summed E-state index contributed by atoms with van der Waals surface area (Å²) in [5.41, 5.74) is 2.69. The van der Waals surface area contributed by atoms with Crippen molar-refractivity contribution in [1.29, 1.82) is 0 Å². The van der Waals surface area contributed by atoms with Gasteiger partial charge in [0.2, 0.25) is 0 Å². The monoisotopic (exact) mass is 550 g/mol. The molecular formula is C25H30N2O10S. The number of rotatable bonds is 11. The minimum atomic E-state index is -1.91. The van der Waals surface area contributed by atoms with Gasteiger partial charge < -0.3 is 40.3 Å². The minimum absolute atomic E-state index is 0.0193. The number of nitrogens with zero attached hydrogens (tertiary/aromatic N) is 1. The smallest absolute Gasteiger partial charge is 0.335 e. The molecule has 206 valence electrons. The molecule has 12 nitrogen and oxygen atoms in total. The summed E-state index contributed by atoms with van der Waals surface area (Å²) in [6.07, 6.45) is -5.82. The van der Waals surface area contributed by atoms with E-state index >= 15 is 0 Å². The minimum Gasteiger partial charge on any atom is -0.493 e. The van der Waals surface area contributed by atoms with Gasteiger partial charge in [0.05, 0.1) is 6.61 Å². The predicted molar refractivity (Wildman–Crippen MR) is 135 cm³/mol. The molecule has 0 spiro atoms. The van der Waals surface area contributed by atoms with Gasteiger partial charge in [-0.1, -0.05) is 25.1 Å². The highest BCUT2D eigenvalue weighted by Gasteiger charge is 2.47. The van der Waals surface area contributed by atoms with E-state index in [1.807, 2.05) is 18.3 Å². The molecule has 0 aliphatic carbocycles. The van der Waals surface area contributed by atoms with E-state index in [0.717, 1.165) is 17.7 Å². The Morgan fingerprint density at radius 3 is 2.29 bits per heavy atom. The number of carboxylic acids is 2. The average Bonchev–Trinajstić information content (AvgIpc) is 2.89. The van der Waals surface area contributed by atoms with Gasteiger partial charge in [0, 0.05) is 18.3 Å². The molecule has 13 heteroatoms. The lowest BCUT2D eigenvalue weighted by Crippen LogP contribution is -2.63. The third kappa shape index (κ3) is 7.88. The Bertz CT molecular complexity index is 1100. The molecule has 2 aromatic rings. The van der Waals surface area contributed by atoms with E-state index < -0.39 is 53.1 Å². The number of aromatic nitrogens is 1. The van der Waals surface area contributed by atoms with E-state index in [2.05, 4.69) is 17.2 Å². The van der Waals surface area contributed by atoms with Crippen molar-refractivity contribution < 1.29 is 49.4 Å². The first-order valence-corrected chi connectivity index (χ1v) is 12.7. The van der Waals surface area contributed by atoms with Crippen LogP contribution in [0.5, 0.6) is 5.75 Å². The van der Waals surface area contributed by atoms with Crippen molar-refractivity contribution in [3.63, 3.8) is 0 Å². The first kappa shape index (κ1) is 29.3. The van der Waals surface area contributed by atoms with E-state index in [1.165, 1.54) is 0 Å². The molecule has 6 atom stereocenters. The molecule has 3 rings (SSSR count). The topological polar surface area (TPSA) is 196 Å². The van der Waals surface area contributed by atoms with Gasteiger partial charge in [0.1, 0.15) is 29.3 Å². The van der Waals surface area contributed by atoms with Crippen LogP contribution in [-0.2, 0) is 33.6 Å². The third-order valence-corrected chi connectivity index (χ3v) is 6.89. The largest absolute Gasteiger partial charge is 0.493 e. The first-order chi connectivity index (χ1) is 18.1. The van der Waals surface area contributed by atoms with Crippen molar-refractivity contribution in [3.05, 3.63) is 59.4 Å². The van der Waals surface area contributed by atoms with Crippen molar-refractivity contribution in [2.45, 2.75) is 62.1 Å². The van der Waals surface area contributed by atoms with Gasteiger partial charge in [-0.15, -0.1) is 0 Å². The van der Waals surface area contributed by atoms with Crippen molar-refractivity contribution in [2.75, 3.05) is 6.61 Å². The van der Waals surface area contributed by atoms with Gasteiger partial charge >= 0.3 is 11.9 Å². The number of aryl methyl sites for hydroxylation is 1. The molecule has 38 heavy (non-hydrogen) atoms. The Morgan fingerprint density at radius 1 is 1.03 bits per heavy atom. The molecule has 1 saturated heterocycles. The molecule has 1 aliphatic rings. The summed E-state index contributed by atoms with van der Waals surface area (Å²) in [7, 11) is 0. The van der Waals surface area contributed by atoms with Gasteiger partial charge in [0.25, 0.3) is 5.24 Å². The van der Waals surface area contributed by atoms with Crippen molar-refractivity contribution in [1.82, 2.24) is 10.3 Å². The number of carboxylic acid groups (broad SMARTS) is 2. The van der Waals surface area contributed by atoms with Crippen LogP contribution in [0.3, 0.4) is 0 Å². The quantitative estimate of drug-likeness (QED) is 0.228. The highest BCUT2D eigenvalue weighted by molar-refractivity contribution is 8.14. The van der Waals surface area contributed by atoms with Crippen molar-refractivity contribution >= 4 is 28.9 Å². The summed E-state index contributed by atoms with van der Waals surface area (Å²) < 4.78 is 10.7. The zero-order chi connectivity index (χ0) is 27.8. The molecule has 1 amide bonds. The Morgan fingerprint density at radius 2 is 1.71 bits per heavy atom. The summed E-state index contributed by atoms with van der Waals surface area (Å²) in [4.78, 5) is 39.8. The molecule has 0 radical (unpaired) electrons. The van der Waals surface area contributed by atoms with Crippen LogP contribution in [0.15, 0.2) is 42.6 Å². The number of carbonyl (C=O) groups is 3. The van der Waals surface area contributed by atoms with Crippen LogP contribution in [0.4, 0.5) is 4.79 Å². The van der Waals surface area contributed by atoms with Crippen LogP contribution in [0.2, 0.25) is 0 Å². The van der Waals surface area contributed by atoms with Crippen LogP contribution in [0, 0.1) is 0 Å². The molecule has 6 N–H and O–H groups in total. The lowest BCUT2D eigenvalue weighted by atomic mass is 9.98. The third-order valence-electron chi connectivity index (χ3n) is 5.91. The molecule has 1 aromatic carbocycles. The zero-order valence-electron chi connectivity index (χ0n) is 20.5. The number of amides is 1. The maximum atomic E-state index is 12.4. The van der Waals surface area contributed by atoms with Crippen molar-refractivity contribution in [2.24, 2.45) is 0 Å². The Balaban J connectivity index is 1.51. The molecule has 0 bridgehead atoms. The van der Waals surface area contributed by atoms with Crippen LogP contribution in [0.1, 0.15) is 23.7 Å². The van der Waals surface area contributed by atoms with Crippen molar-refractivity contribution in [3.8, 4) is 5.75 Å². The molecule has 6 unspecified atom stereocenters. The molecular weight excluding hydrogens is 520 g/mol. The zero-order valence-corrected chi connectivity index (χ0v) is 21.3. The summed E-state index contributed by atoms with van der Waals surface area (Å²) in [6.45, 7) is 2.47. The van der Waals surface area contributed by atoms with Crippen LogP contribution in [0.25, 0.3) is 0 Å². The Kier molecular flexibility index (Phi) is 10.4. The number of benzene rings is 1. The van der Waals surface area contributed by atoms with Crippen LogP contribution in [-0.4, -0.2) is 90.2 Å². The average molecular weight is 551 g/mol. The van der Waals surface area contributed by atoms with Gasteiger partial charge in [-0.2, -0.15) is 0 Å². The van der Waals surface area contributed by atoms with Crippen LogP contribution >= 0.6 is 11.8 Å². The second-order valence-corrected chi connectivity index (χ2v) is 9.80. The van der Waals surface area contributed by atoms with Gasteiger partial charge in [-0.05, 0) is 53.9 Å². The number of aliphatic hydroxyl groups is 3. The predicted octanol–water partition coefficient (Wildman–Crippen LogP) is 0.596. The fraction of sp³-hybridized carbons (Fsp3) is 0.440. The number of aliphatic hydroxyl groups excluding tert-OH is 3. The Labute approximate surface area is 222 Å². The number of thioether (sulfide) groups is 1. The standard InChI is InChI=1S/C25H30N2O10S/c1-2-13-3-6-15(26-12-13)9-10-36-16-7-4-14(5-8-16)11-17(23(31)32)38-25(35)27-22-20(30)18(28)19(29)21(37-22)24(33)34/h3-8,12,17-22,28-30H,2,9-11H2,1H3,(H,27,35)(H,31,32)(H,33,34). The van der Waals surface area contributed by atoms with Crippen LogP contribution < -0.4 is 10.1 Å². The number of nitrogens with one attached hydrogen (secondary N) is 1. The SMILES string of the molecule is CCc1ccc(CCOc2ccc(CC(SC(=O)NC3OC(C(=O)O)C(O)C(O)C3O)C(=O)O)cc2)nc1. The Hall–Kier alpha value is -3.23. The molecule has 1 aromatic heterocycles. The highest BCUT2D eigenvalue weighted by atomic mass is 32.2. The lowest BCUT2D eigenvalue weighted by molar-refractivity contribution is -0.230. The molecule has 1 aliphatic heterocycles. The fourth-order valence-electron chi connectivity index (χ4n) is 3.68. The fourth-order valence-corrected chi connectivity index (χ4v) is 4.50. The number of pyridine rings is 1. The van der Waals surface area contributed by atoms with Gasteiger partial charge in [0.15, 0.2) is 12.3 Å². The summed E-state index contributed by atoms with van der Waals surface area (Å²) in [5, 5.41) is 48.3. The highest BCUT2D eigenvalue weighted by Crippen LogP contribution is 2.24. The maximum absolute atomic E-state index is 12.4. The number of hydrogen-bond acceptors (Lipinski definition) is 10. The summed E-state index contributed by atoms with van der Waals surface area (Å²) in [5.74, 6) is -2.28. The summed E-state index contributed by atoms with van der Waals surface area (Å²) >= 11 is 0.403. The van der Waals surface area contributed by atoms with E-state index in [1.54, 1.807) is 24.3 Å². The number of hydrogen-bond donors (Lipinski definition) is 6. The number of ether oxygens (including phenoxy) is 2. The number of carbonyl (C=O) groups excluding carboxylic acids is 1. The summed E-state index contributed by atoms with van der Waals surface area (Å²) in [6, 6.07) is 10.7. The number of aliphatic carboxylic acids is 2. The molecule has 2 heterocycles. The lowest BCUT2D eigenvalue weighted by Gasteiger charge is -2.38. The van der Waals surface area contributed by atoms with E-state index in [0.29, 0.717) is 36.1 Å². The first-order valence-electron chi connectivity index (χ1n) is 11.9. The second kappa shape index (κ2) is 13.5. The molecule has 0 saturated carbocycles. The van der Waals surface area contributed by atoms with E-state index in [4.69, 9.17) is 14.6 Å². The van der Waals surface area contributed by atoms with E-state index in [9.17, 15) is 34.8 Å². The normalized spacial score (nSPS) is 23.8. The maximum Gasteiger partial charge on any atom is 0.335 e. The van der Waals surface area contributed by atoms with Gasteiger partial charge in [-0.3, -0.25) is 14.6 Å².